The molecular weight excluding hydrogens is 228 g/mol. The zero-order valence-corrected chi connectivity index (χ0v) is 11.2. The molecule has 18 heavy (non-hydrogen) atoms. The first-order valence-corrected chi connectivity index (χ1v) is 7.49. The van der Waals surface area contributed by atoms with Gasteiger partial charge in [0.05, 0.1) is 0 Å². The first-order chi connectivity index (χ1) is 8.86. The van der Waals surface area contributed by atoms with Crippen LogP contribution in [0.5, 0.6) is 0 Å². The molecule has 1 unspecified atom stereocenters. The van der Waals surface area contributed by atoms with E-state index in [0.29, 0.717) is 6.04 Å². The molecule has 2 rings (SSSR count). The lowest BCUT2D eigenvalue weighted by molar-refractivity contribution is -0.129. The lowest BCUT2D eigenvalue weighted by Crippen LogP contribution is -2.40. The highest BCUT2D eigenvalue weighted by atomic mass is 16.5. The van der Waals surface area contributed by atoms with Crippen molar-refractivity contribution in [2.75, 3.05) is 19.7 Å². The highest BCUT2D eigenvalue weighted by molar-refractivity contribution is 5.80. The molecule has 1 amide bonds. The Morgan fingerprint density at radius 1 is 1.00 bits per heavy atom. The van der Waals surface area contributed by atoms with E-state index in [-0.39, 0.29) is 12.0 Å². The number of carbonyl (C=O) groups is 1. The van der Waals surface area contributed by atoms with Crippen LogP contribution in [0.15, 0.2) is 0 Å². The second-order valence-corrected chi connectivity index (χ2v) is 5.44. The summed E-state index contributed by atoms with van der Waals surface area (Å²) in [7, 11) is 0. The van der Waals surface area contributed by atoms with Gasteiger partial charge in [-0.3, -0.25) is 4.79 Å². The van der Waals surface area contributed by atoms with Gasteiger partial charge in [-0.25, -0.2) is 0 Å². The van der Waals surface area contributed by atoms with Crippen LogP contribution in [0, 0.1) is 0 Å². The van der Waals surface area contributed by atoms with Gasteiger partial charge in [-0.2, -0.15) is 0 Å². The highest BCUT2D eigenvalue weighted by Crippen LogP contribution is 2.16. The normalized spacial score (nSPS) is 25.9. The summed E-state index contributed by atoms with van der Waals surface area (Å²) in [6.45, 7) is 2.33. The van der Waals surface area contributed by atoms with Crippen LogP contribution in [-0.4, -0.2) is 37.7 Å². The first kappa shape index (κ1) is 13.8. The SMILES string of the molecule is O=C(NCCNC1CCCCCC1)C1CCCO1. The van der Waals surface area contributed by atoms with E-state index in [1.165, 1.54) is 38.5 Å². The molecule has 1 heterocycles. The number of carbonyl (C=O) groups excluding carboxylic acids is 1. The van der Waals surface area contributed by atoms with Gasteiger partial charge in [-0.15, -0.1) is 0 Å². The molecule has 0 aromatic carbocycles. The Hall–Kier alpha value is -0.610. The standard InChI is InChI=1S/C14H26N2O2/c17-14(13-8-5-11-18-13)16-10-9-15-12-6-3-1-2-4-7-12/h12-13,15H,1-11H2,(H,16,17). The predicted octanol–water partition coefficient (Wildman–Crippen LogP) is 1.59. The van der Waals surface area contributed by atoms with Crippen molar-refractivity contribution in [3.8, 4) is 0 Å². The molecule has 1 atom stereocenters. The van der Waals surface area contributed by atoms with Crippen LogP contribution in [0.1, 0.15) is 51.4 Å². The maximum Gasteiger partial charge on any atom is 0.249 e. The van der Waals surface area contributed by atoms with Gasteiger partial charge >= 0.3 is 0 Å². The molecular formula is C14H26N2O2. The van der Waals surface area contributed by atoms with Crippen LogP contribution < -0.4 is 10.6 Å². The van der Waals surface area contributed by atoms with Gasteiger partial charge in [0.25, 0.3) is 0 Å². The van der Waals surface area contributed by atoms with Crippen LogP contribution in [0.25, 0.3) is 0 Å². The second kappa shape index (κ2) is 7.74. The maximum atomic E-state index is 11.7. The summed E-state index contributed by atoms with van der Waals surface area (Å²) >= 11 is 0. The molecule has 0 bridgehead atoms. The average molecular weight is 254 g/mol. The molecule has 1 aliphatic heterocycles. The molecule has 1 saturated heterocycles. The van der Waals surface area contributed by atoms with Crippen LogP contribution >= 0.6 is 0 Å². The van der Waals surface area contributed by atoms with E-state index in [1.54, 1.807) is 0 Å². The molecule has 0 radical (unpaired) electrons. The minimum atomic E-state index is -0.192. The Labute approximate surface area is 110 Å². The smallest absolute Gasteiger partial charge is 0.249 e. The largest absolute Gasteiger partial charge is 0.368 e. The lowest BCUT2D eigenvalue weighted by Gasteiger charge is -2.17. The fraction of sp³-hybridized carbons (Fsp3) is 0.929. The monoisotopic (exact) mass is 254 g/mol. The van der Waals surface area contributed by atoms with Crippen LogP contribution in [0.3, 0.4) is 0 Å². The van der Waals surface area contributed by atoms with E-state index in [1.807, 2.05) is 0 Å². The summed E-state index contributed by atoms with van der Waals surface area (Å²) in [5, 5.41) is 6.51. The first-order valence-electron chi connectivity index (χ1n) is 7.49. The summed E-state index contributed by atoms with van der Waals surface area (Å²) in [5.74, 6) is 0.0650. The van der Waals surface area contributed by atoms with Crippen LogP contribution in [0.2, 0.25) is 0 Å². The average Bonchev–Trinajstić information content (AvgIpc) is 2.80. The minimum absolute atomic E-state index is 0.0650. The Morgan fingerprint density at radius 2 is 1.78 bits per heavy atom. The van der Waals surface area contributed by atoms with Crippen molar-refractivity contribution in [2.24, 2.45) is 0 Å². The van der Waals surface area contributed by atoms with Gasteiger partial charge in [0.2, 0.25) is 5.91 Å². The third kappa shape index (κ3) is 4.58. The summed E-state index contributed by atoms with van der Waals surface area (Å²) < 4.78 is 5.35. The van der Waals surface area contributed by atoms with Crippen LogP contribution in [0.4, 0.5) is 0 Å². The topological polar surface area (TPSA) is 50.4 Å². The summed E-state index contributed by atoms with van der Waals surface area (Å²) in [4.78, 5) is 11.7. The quantitative estimate of drug-likeness (QED) is 0.579. The van der Waals surface area contributed by atoms with E-state index in [4.69, 9.17) is 4.74 Å². The van der Waals surface area contributed by atoms with Gasteiger partial charge in [0.1, 0.15) is 6.10 Å². The Bertz CT molecular complexity index is 244. The van der Waals surface area contributed by atoms with Crippen molar-refractivity contribution in [2.45, 2.75) is 63.5 Å². The third-order valence-corrected chi connectivity index (χ3v) is 3.93. The molecule has 1 saturated carbocycles. The zero-order valence-electron chi connectivity index (χ0n) is 11.2. The van der Waals surface area contributed by atoms with E-state index >= 15 is 0 Å². The van der Waals surface area contributed by atoms with Crippen molar-refractivity contribution in [1.82, 2.24) is 10.6 Å². The third-order valence-electron chi connectivity index (χ3n) is 3.93. The fourth-order valence-electron chi connectivity index (χ4n) is 2.84. The lowest BCUT2D eigenvalue weighted by atomic mass is 10.1. The van der Waals surface area contributed by atoms with Gasteiger partial charge in [-0.1, -0.05) is 25.7 Å². The fourth-order valence-corrected chi connectivity index (χ4v) is 2.84. The number of nitrogens with one attached hydrogen (secondary N) is 2. The Morgan fingerprint density at radius 3 is 2.44 bits per heavy atom. The maximum absolute atomic E-state index is 11.7. The number of amides is 1. The Balaban J connectivity index is 1.53. The van der Waals surface area contributed by atoms with E-state index in [0.717, 1.165) is 32.5 Å². The molecule has 2 fully saturated rings. The van der Waals surface area contributed by atoms with Crippen LogP contribution in [-0.2, 0) is 9.53 Å². The van der Waals surface area contributed by atoms with Gasteiger partial charge < -0.3 is 15.4 Å². The number of rotatable bonds is 5. The van der Waals surface area contributed by atoms with Crippen molar-refractivity contribution in [3.63, 3.8) is 0 Å². The van der Waals surface area contributed by atoms with E-state index in [2.05, 4.69) is 10.6 Å². The number of hydrogen-bond donors (Lipinski definition) is 2. The zero-order chi connectivity index (χ0) is 12.6. The minimum Gasteiger partial charge on any atom is -0.368 e. The second-order valence-electron chi connectivity index (χ2n) is 5.44. The van der Waals surface area contributed by atoms with Crippen molar-refractivity contribution in [1.29, 1.82) is 0 Å². The summed E-state index contributed by atoms with van der Waals surface area (Å²) in [6.07, 6.45) is 9.74. The number of hydrogen-bond acceptors (Lipinski definition) is 3. The van der Waals surface area contributed by atoms with Crippen molar-refractivity contribution >= 4 is 5.91 Å². The van der Waals surface area contributed by atoms with E-state index in [9.17, 15) is 4.79 Å². The molecule has 0 spiro atoms. The highest BCUT2D eigenvalue weighted by Gasteiger charge is 2.22. The molecule has 1 aliphatic carbocycles. The van der Waals surface area contributed by atoms with Crippen molar-refractivity contribution in [3.05, 3.63) is 0 Å². The van der Waals surface area contributed by atoms with Gasteiger partial charge in [-0.05, 0) is 25.7 Å². The predicted molar refractivity (Wildman–Crippen MR) is 71.5 cm³/mol. The van der Waals surface area contributed by atoms with Gasteiger partial charge in [0, 0.05) is 25.7 Å². The molecule has 0 aromatic heterocycles. The van der Waals surface area contributed by atoms with Gasteiger partial charge in [0.15, 0.2) is 0 Å². The molecule has 0 aromatic rings. The number of ether oxygens (including phenoxy) is 1. The summed E-state index contributed by atoms with van der Waals surface area (Å²) in [5.41, 5.74) is 0. The summed E-state index contributed by atoms with van der Waals surface area (Å²) in [6, 6.07) is 0.659. The molecule has 4 heteroatoms. The van der Waals surface area contributed by atoms with Crippen molar-refractivity contribution < 1.29 is 9.53 Å². The molecule has 4 nitrogen and oxygen atoms in total. The molecule has 2 aliphatic rings. The van der Waals surface area contributed by atoms with E-state index < -0.39 is 0 Å². The molecule has 104 valence electrons. The Kier molecular flexibility index (Phi) is 5.94. The molecule has 2 N–H and O–H groups in total.